The maximum absolute atomic E-state index is 14.9. The lowest BCUT2D eigenvalue weighted by atomic mass is 9.91. The Labute approximate surface area is 203 Å². The van der Waals surface area contributed by atoms with Crippen molar-refractivity contribution >= 4 is 16.7 Å². The van der Waals surface area contributed by atoms with Crippen molar-refractivity contribution < 1.29 is 36.9 Å². The first-order valence-electron chi connectivity index (χ1n) is 10.9. The fourth-order valence-corrected chi connectivity index (χ4v) is 3.67. The van der Waals surface area contributed by atoms with Crippen LogP contribution in [0.4, 0.5) is 17.6 Å². The lowest BCUT2D eigenvalue weighted by Crippen LogP contribution is -2.15. The number of alkyl halides is 3. The number of methoxy groups -OCH3 is 1. The summed E-state index contributed by atoms with van der Waals surface area (Å²) >= 11 is 0. The molecule has 1 heterocycles. The van der Waals surface area contributed by atoms with Crippen LogP contribution in [0.1, 0.15) is 28.4 Å². The first-order valence-corrected chi connectivity index (χ1v) is 10.9. The third kappa shape index (κ3) is 5.16. The lowest BCUT2D eigenvalue weighted by Gasteiger charge is -2.15. The van der Waals surface area contributed by atoms with E-state index in [1.807, 2.05) is 6.92 Å². The van der Waals surface area contributed by atoms with Crippen LogP contribution in [0.5, 0.6) is 11.5 Å². The van der Waals surface area contributed by atoms with E-state index in [-0.39, 0.29) is 39.6 Å². The van der Waals surface area contributed by atoms with Crippen molar-refractivity contribution in [3.63, 3.8) is 0 Å². The number of nitrogens with zero attached hydrogens (tertiary/aromatic N) is 1. The number of hydrogen-bond acceptors (Lipinski definition) is 5. The summed E-state index contributed by atoms with van der Waals surface area (Å²) in [5.74, 6) is -1.23. The molecule has 0 amide bonds. The minimum absolute atomic E-state index is 0.0265. The number of halogens is 4. The molecule has 0 aliphatic heterocycles. The number of carbonyl (C=O) groups excluding carboxylic acids is 1. The van der Waals surface area contributed by atoms with Gasteiger partial charge in [0, 0.05) is 47.0 Å². The van der Waals surface area contributed by atoms with E-state index in [0.29, 0.717) is 23.8 Å². The number of phenolic OH excluding ortho intramolecular Hbond substituents is 1. The number of hydrogen-bond donors (Lipinski definition) is 1. The summed E-state index contributed by atoms with van der Waals surface area (Å²) in [6, 6.07) is 12.5. The molecule has 1 unspecified atom stereocenters. The number of pyridine rings is 1. The van der Waals surface area contributed by atoms with E-state index in [4.69, 9.17) is 9.47 Å². The summed E-state index contributed by atoms with van der Waals surface area (Å²) in [6.45, 7) is 2.14. The van der Waals surface area contributed by atoms with Crippen LogP contribution in [0.3, 0.4) is 0 Å². The van der Waals surface area contributed by atoms with E-state index < -0.39 is 23.3 Å². The smallest absolute Gasteiger partial charge is 0.416 e. The number of ketones is 1. The van der Waals surface area contributed by atoms with Crippen LogP contribution in [-0.4, -0.2) is 35.7 Å². The zero-order valence-electron chi connectivity index (χ0n) is 19.3. The standard InChI is InChI=1S/C27H21F4NO4/c1-15(35-2)14-36-19-7-3-16(4-8-19)26(34)25-21-10-6-18(33)12-24(21)32-13-22(25)20-9-5-17(11-23(20)28)27(29,30)31/h3-13,15,33H,14H2,1-2H3. The maximum Gasteiger partial charge on any atom is 0.416 e. The van der Waals surface area contributed by atoms with E-state index in [2.05, 4.69) is 4.98 Å². The number of aromatic nitrogens is 1. The Kier molecular flexibility index (Phi) is 6.94. The molecule has 4 aromatic rings. The molecule has 0 aliphatic rings. The number of ether oxygens (including phenoxy) is 2. The molecule has 1 aromatic heterocycles. The molecule has 36 heavy (non-hydrogen) atoms. The van der Waals surface area contributed by atoms with Crippen LogP contribution in [0.2, 0.25) is 0 Å². The normalized spacial score (nSPS) is 12.5. The maximum atomic E-state index is 14.9. The van der Waals surface area contributed by atoms with Crippen molar-refractivity contribution in [1.82, 2.24) is 4.98 Å². The van der Waals surface area contributed by atoms with Crippen molar-refractivity contribution in [2.45, 2.75) is 19.2 Å². The van der Waals surface area contributed by atoms with Crippen molar-refractivity contribution in [2.75, 3.05) is 13.7 Å². The second-order valence-electron chi connectivity index (χ2n) is 8.15. The largest absolute Gasteiger partial charge is 0.508 e. The number of aromatic hydroxyl groups is 1. The van der Waals surface area contributed by atoms with Gasteiger partial charge in [-0.05, 0) is 55.5 Å². The first kappa shape index (κ1) is 25.1. The van der Waals surface area contributed by atoms with Gasteiger partial charge < -0.3 is 14.6 Å². The predicted octanol–water partition coefficient (Wildman–Crippen LogP) is 6.41. The first-order chi connectivity index (χ1) is 17.1. The van der Waals surface area contributed by atoms with Gasteiger partial charge in [-0.25, -0.2) is 4.39 Å². The van der Waals surface area contributed by atoms with Crippen molar-refractivity contribution in [3.8, 4) is 22.6 Å². The predicted molar refractivity (Wildman–Crippen MR) is 126 cm³/mol. The Bertz CT molecular complexity index is 1420. The van der Waals surface area contributed by atoms with Crippen molar-refractivity contribution in [1.29, 1.82) is 0 Å². The van der Waals surface area contributed by atoms with E-state index in [1.165, 1.54) is 36.5 Å². The minimum Gasteiger partial charge on any atom is -0.508 e. The van der Waals surface area contributed by atoms with Gasteiger partial charge in [-0.2, -0.15) is 13.2 Å². The average molecular weight is 499 g/mol. The quantitative estimate of drug-likeness (QED) is 0.235. The highest BCUT2D eigenvalue weighted by molar-refractivity contribution is 6.19. The molecule has 186 valence electrons. The molecule has 0 radical (unpaired) electrons. The molecule has 3 aromatic carbocycles. The topological polar surface area (TPSA) is 68.7 Å². The Hall–Kier alpha value is -3.98. The molecule has 0 bridgehead atoms. The molecule has 0 saturated heterocycles. The number of fused-ring (bicyclic) bond motifs is 1. The molecule has 1 atom stereocenters. The van der Waals surface area contributed by atoms with E-state index >= 15 is 0 Å². The van der Waals surface area contributed by atoms with E-state index in [1.54, 1.807) is 19.2 Å². The molecule has 4 rings (SSSR count). The van der Waals surface area contributed by atoms with Gasteiger partial charge in [0.2, 0.25) is 0 Å². The second kappa shape index (κ2) is 9.94. The zero-order valence-corrected chi connectivity index (χ0v) is 19.3. The second-order valence-corrected chi connectivity index (χ2v) is 8.15. The highest BCUT2D eigenvalue weighted by atomic mass is 19.4. The number of rotatable bonds is 7. The van der Waals surface area contributed by atoms with Crippen LogP contribution < -0.4 is 4.74 Å². The van der Waals surface area contributed by atoms with Gasteiger partial charge >= 0.3 is 6.18 Å². The fraction of sp³-hybridized carbons (Fsp3) is 0.185. The Morgan fingerprint density at radius 2 is 1.75 bits per heavy atom. The monoisotopic (exact) mass is 499 g/mol. The van der Waals surface area contributed by atoms with E-state index in [9.17, 15) is 27.5 Å². The third-order valence-corrected chi connectivity index (χ3v) is 5.67. The Balaban J connectivity index is 1.81. The highest BCUT2D eigenvalue weighted by Crippen LogP contribution is 2.36. The Morgan fingerprint density at radius 1 is 1.03 bits per heavy atom. The molecule has 0 saturated carbocycles. The van der Waals surface area contributed by atoms with Gasteiger partial charge in [0.25, 0.3) is 0 Å². The van der Waals surface area contributed by atoms with Crippen LogP contribution in [-0.2, 0) is 10.9 Å². The zero-order chi connectivity index (χ0) is 26.0. The molecule has 0 spiro atoms. The summed E-state index contributed by atoms with van der Waals surface area (Å²) < 4.78 is 64.8. The molecule has 1 N–H and O–H groups in total. The average Bonchev–Trinajstić information content (AvgIpc) is 2.86. The summed E-state index contributed by atoms with van der Waals surface area (Å²) in [4.78, 5) is 17.8. The summed E-state index contributed by atoms with van der Waals surface area (Å²) in [5, 5.41) is 10.1. The number of benzene rings is 3. The summed E-state index contributed by atoms with van der Waals surface area (Å²) in [6.07, 6.45) is -3.64. The van der Waals surface area contributed by atoms with Gasteiger partial charge in [0.05, 0.1) is 17.2 Å². The number of phenols is 1. The van der Waals surface area contributed by atoms with Gasteiger partial charge in [0.1, 0.15) is 23.9 Å². The molecular formula is C27H21F4NO4. The van der Waals surface area contributed by atoms with Gasteiger partial charge in [0.15, 0.2) is 5.78 Å². The summed E-state index contributed by atoms with van der Waals surface area (Å²) in [7, 11) is 1.56. The highest BCUT2D eigenvalue weighted by Gasteiger charge is 2.32. The fourth-order valence-electron chi connectivity index (χ4n) is 3.67. The van der Waals surface area contributed by atoms with Crippen LogP contribution >= 0.6 is 0 Å². The third-order valence-electron chi connectivity index (χ3n) is 5.67. The lowest BCUT2D eigenvalue weighted by molar-refractivity contribution is -0.137. The van der Waals surface area contributed by atoms with Gasteiger partial charge in [-0.1, -0.05) is 6.07 Å². The van der Waals surface area contributed by atoms with Crippen molar-refractivity contribution in [3.05, 3.63) is 89.4 Å². The Morgan fingerprint density at radius 3 is 2.39 bits per heavy atom. The van der Waals surface area contributed by atoms with Crippen LogP contribution in [0, 0.1) is 5.82 Å². The van der Waals surface area contributed by atoms with Crippen LogP contribution in [0.25, 0.3) is 22.0 Å². The SMILES string of the molecule is COC(C)COc1ccc(C(=O)c2c(-c3ccc(C(F)(F)F)cc3F)cnc3cc(O)ccc23)cc1. The minimum atomic E-state index is -4.72. The molecule has 0 fully saturated rings. The molecule has 5 nitrogen and oxygen atoms in total. The van der Waals surface area contributed by atoms with Gasteiger partial charge in [-0.3, -0.25) is 9.78 Å². The van der Waals surface area contributed by atoms with Crippen molar-refractivity contribution in [2.24, 2.45) is 0 Å². The molecule has 9 heteroatoms. The van der Waals surface area contributed by atoms with Crippen LogP contribution in [0.15, 0.2) is 66.9 Å². The molecular weight excluding hydrogens is 478 g/mol. The van der Waals surface area contributed by atoms with Gasteiger partial charge in [-0.15, -0.1) is 0 Å². The summed E-state index contributed by atoms with van der Waals surface area (Å²) in [5.41, 5.74) is -0.769. The van der Waals surface area contributed by atoms with E-state index in [0.717, 1.165) is 12.1 Å². The molecule has 0 aliphatic carbocycles. The number of carbonyl (C=O) groups is 1.